The number of hydrogen-bond donors (Lipinski definition) is 2. The van der Waals surface area contributed by atoms with Crippen LogP contribution in [-0.4, -0.2) is 25.4 Å². The van der Waals surface area contributed by atoms with Crippen LogP contribution in [0.4, 0.5) is 0 Å². The lowest BCUT2D eigenvalue weighted by molar-refractivity contribution is -0.123. The van der Waals surface area contributed by atoms with Crippen molar-refractivity contribution in [3.05, 3.63) is 59.4 Å². The summed E-state index contributed by atoms with van der Waals surface area (Å²) in [7, 11) is -3.79. The third kappa shape index (κ3) is 5.12. The Morgan fingerprint density at radius 1 is 1.15 bits per heavy atom. The minimum absolute atomic E-state index is 0.159. The molecule has 7 heteroatoms. The predicted octanol–water partition coefficient (Wildman–Crippen LogP) is 2.32. The lowest BCUT2D eigenvalue weighted by Gasteiger charge is -2.22. The van der Waals surface area contributed by atoms with E-state index in [0.29, 0.717) is 6.54 Å². The van der Waals surface area contributed by atoms with Gasteiger partial charge in [0.25, 0.3) is 0 Å². The molecule has 1 atom stereocenters. The van der Waals surface area contributed by atoms with Crippen LogP contribution in [-0.2, 0) is 21.4 Å². The molecule has 2 N–H and O–H groups in total. The molecule has 0 saturated carbocycles. The molecule has 1 aromatic carbocycles. The lowest BCUT2D eigenvalue weighted by Crippen LogP contribution is -2.49. The van der Waals surface area contributed by atoms with Gasteiger partial charge in [-0.2, -0.15) is 4.72 Å². The van der Waals surface area contributed by atoms with Crippen molar-refractivity contribution in [1.29, 1.82) is 0 Å². The van der Waals surface area contributed by atoms with E-state index in [9.17, 15) is 13.2 Å². The van der Waals surface area contributed by atoms with Crippen LogP contribution in [0, 0.1) is 19.8 Å². The highest BCUT2D eigenvalue weighted by Gasteiger charge is 2.28. The molecule has 0 fully saturated rings. The van der Waals surface area contributed by atoms with E-state index in [4.69, 9.17) is 0 Å². The lowest BCUT2D eigenvalue weighted by atomic mass is 10.0. The van der Waals surface area contributed by atoms with Crippen LogP contribution < -0.4 is 10.0 Å². The number of pyridine rings is 1. The number of sulfonamides is 1. The zero-order valence-corrected chi connectivity index (χ0v) is 16.3. The van der Waals surface area contributed by atoms with Gasteiger partial charge in [0, 0.05) is 18.9 Å². The number of aromatic nitrogens is 1. The van der Waals surface area contributed by atoms with Gasteiger partial charge in [0.1, 0.15) is 6.04 Å². The molecular formula is C19H25N3O3S. The third-order valence-corrected chi connectivity index (χ3v) is 5.65. The quantitative estimate of drug-likeness (QED) is 0.777. The predicted molar refractivity (Wildman–Crippen MR) is 101 cm³/mol. The highest BCUT2D eigenvalue weighted by Crippen LogP contribution is 2.16. The monoisotopic (exact) mass is 375 g/mol. The fourth-order valence-corrected chi connectivity index (χ4v) is 3.84. The van der Waals surface area contributed by atoms with Crippen LogP contribution in [0.3, 0.4) is 0 Å². The molecule has 1 amide bonds. The Balaban J connectivity index is 2.13. The van der Waals surface area contributed by atoms with E-state index < -0.39 is 16.1 Å². The first-order chi connectivity index (χ1) is 12.2. The maximum absolute atomic E-state index is 12.7. The second-order valence-electron chi connectivity index (χ2n) is 6.67. The van der Waals surface area contributed by atoms with Gasteiger partial charge in [0.05, 0.1) is 4.90 Å². The Morgan fingerprint density at radius 3 is 2.46 bits per heavy atom. The van der Waals surface area contributed by atoms with Gasteiger partial charge in [0.2, 0.25) is 15.9 Å². The molecule has 1 heterocycles. The topological polar surface area (TPSA) is 88.2 Å². The first kappa shape index (κ1) is 20.1. The number of benzene rings is 1. The zero-order chi connectivity index (χ0) is 19.3. The fraction of sp³-hybridized carbons (Fsp3) is 0.368. The SMILES string of the molecule is Cc1ccc(S(=O)(=O)N[C@@H](C(=O)NCc2cccnc2)C(C)C)cc1C. The number of nitrogens with one attached hydrogen (secondary N) is 2. The van der Waals surface area contributed by atoms with Crippen LogP contribution in [0.25, 0.3) is 0 Å². The minimum atomic E-state index is -3.79. The summed E-state index contributed by atoms with van der Waals surface area (Å²) in [4.78, 5) is 16.7. The van der Waals surface area contributed by atoms with Gasteiger partial charge in [0.15, 0.2) is 0 Å². The minimum Gasteiger partial charge on any atom is -0.351 e. The summed E-state index contributed by atoms with van der Waals surface area (Å²) in [6.07, 6.45) is 3.31. The van der Waals surface area contributed by atoms with Gasteiger partial charge in [-0.05, 0) is 54.7 Å². The van der Waals surface area contributed by atoms with Gasteiger partial charge < -0.3 is 5.32 Å². The van der Waals surface area contributed by atoms with Crippen molar-refractivity contribution in [2.75, 3.05) is 0 Å². The van der Waals surface area contributed by atoms with Crippen molar-refractivity contribution in [3.63, 3.8) is 0 Å². The highest BCUT2D eigenvalue weighted by molar-refractivity contribution is 7.89. The summed E-state index contributed by atoms with van der Waals surface area (Å²) in [6, 6.07) is 7.69. The van der Waals surface area contributed by atoms with Crippen molar-refractivity contribution in [2.45, 2.75) is 45.2 Å². The number of rotatable bonds is 7. The molecule has 0 aliphatic heterocycles. The van der Waals surface area contributed by atoms with Crippen LogP contribution in [0.2, 0.25) is 0 Å². The standard InChI is InChI=1S/C19H25N3O3S/c1-13(2)18(19(23)21-12-16-6-5-9-20-11-16)22-26(24,25)17-8-7-14(3)15(4)10-17/h5-11,13,18,22H,12H2,1-4H3,(H,21,23)/t18-/m1/s1. The Hall–Kier alpha value is -2.25. The molecule has 0 spiro atoms. The van der Waals surface area contributed by atoms with E-state index in [0.717, 1.165) is 16.7 Å². The van der Waals surface area contributed by atoms with Gasteiger partial charge in [-0.25, -0.2) is 8.42 Å². The Labute approximate surface area is 155 Å². The molecular weight excluding hydrogens is 350 g/mol. The maximum atomic E-state index is 12.7. The van der Waals surface area contributed by atoms with Gasteiger partial charge in [-0.1, -0.05) is 26.0 Å². The molecule has 140 valence electrons. The van der Waals surface area contributed by atoms with Crippen LogP contribution in [0.15, 0.2) is 47.6 Å². The second kappa shape index (κ2) is 8.42. The molecule has 0 unspecified atom stereocenters. The van der Waals surface area contributed by atoms with E-state index >= 15 is 0 Å². The van der Waals surface area contributed by atoms with Crippen molar-refractivity contribution in [1.82, 2.24) is 15.0 Å². The average molecular weight is 375 g/mol. The van der Waals surface area contributed by atoms with Crippen molar-refractivity contribution < 1.29 is 13.2 Å². The Kier molecular flexibility index (Phi) is 6.50. The zero-order valence-electron chi connectivity index (χ0n) is 15.5. The maximum Gasteiger partial charge on any atom is 0.241 e. The highest BCUT2D eigenvalue weighted by atomic mass is 32.2. The normalized spacial score (nSPS) is 12.8. The number of amides is 1. The molecule has 0 aliphatic carbocycles. The second-order valence-corrected chi connectivity index (χ2v) is 8.38. The first-order valence-corrected chi connectivity index (χ1v) is 9.95. The van der Waals surface area contributed by atoms with E-state index in [1.807, 2.05) is 19.9 Å². The number of aryl methyl sites for hydroxylation is 2. The van der Waals surface area contributed by atoms with Crippen molar-refractivity contribution in [2.24, 2.45) is 5.92 Å². The van der Waals surface area contributed by atoms with Gasteiger partial charge in [-0.3, -0.25) is 9.78 Å². The molecule has 26 heavy (non-hydrogen) atoms. The molecule has 1 aromatic heterocycles. The van der Waals surface area contributed by atoms with Gasteiger partial charge >= 0.3 is 0 Å². The van der Waals surface area contributed by atoms with Crippen LogP contribution in [0.5, 0.6) is 0 Å². The van der Waals surface area contributed by atoms with Crippen LogP contribution >= 0.6 is 0 Å². The van der Waals surface area contributed by atoms with E-state index in [1.54, 1.807) is 50.5 Å². The van der Waals surface area contributed by atoms with Crippen LogP contribution in [0.1, 0.15) is 30.5 Å². The van der Waals surface area contributed by atoms with Gasteiger partial charge in [-0.15, -0.1) is 0 Å². The molecule has 0 aliphatic rings. The number of carbonyl (C=O) groups excluding carboxylic acids is 1. The molecule has 2 aromatic rings. The summed E-state index contributed by atoms with van der Waals surface area (Å²) in [5, 5.41) is 2.77. The molecule has 2 rings (SSSR count). The number of nitrogens with zero attached hydrogens (tertiary/aromatic N) is 1. The van der Waals surface area contributed by atoms with E-state index in [-0.39, 0.29) is 16.7 Å². The molecule has 0 saturated heterocycles. The Morgan fingerprint density at radius 2 is 1.88 bits per heavy atom. The van der Waals surface area contributed by atoms with Crippen molar-refractivity contribution >= 4 is 15.9 Å². The first-order valence-electron chi connectivity index (χ1n) is 8.47. The number of hydrogen-bond acceptors (Lipinski definition) is 4. The molecule has 0 radical (unpaired) electrons. The van der Waals surface area contributed by atoms with Crippen molar-refractivity contribution in [3.8, 4) is 0 Å². The largest absolute Gasteiger partial charge is 0.351 e. The summed E-state index contributed by atoms with van der Waals surface area (Å²) in [5.41, 5.74) is 2.74. The summed E-state index contributed by atoms with van der Waals surface area (Å²) >= 11 is 0. The summed E-state index contributed by atoms with van der Waals surface area (Å²) in [6.45, 7) is 7.67. The summed E-state index contributed by atoms with van der Waals surface area (Å²) < 4.78 is 27.9. The molecule has 0 bridgehead atoms. The summed E-state index contributed by atoms with van der Waals surface area (Å²) in [5.74, 6) is -0.568. The fourth-order valence-electron chi connectivity index (χ4n) is 2.41. The van der Waals surface area contributed by atoms with E-state index in [2.05, 4.69) is 15.0 Å². The third-order valence-electron chi connectivity index (χ3n) is 4.21. The Bertz CT molecular complexity index is 865. The number of carbonyl (C=O) groups is 1. The van der Waals surface area contributed by atoms with E-state index in [1.165, 1.54) is 0 Å². The smallest absolute Gasteiger partial charge is 0.241 e. The average Bonchev–Trinajstić information content (AvgIpc) is 2.60. The molecule has 6 nitrogen and oxygen atoms in total.